The Hall–Kier alpha value is -5.22. The van der Waals surface area contributed by atoms with Gasteiger partial charge < -0.3 is 18.2 Å². The molecule has 1 aliphatic rings. The highest BCUT2D eigenvalue weighted by molar-refractivity contribution is 8.01. The lowest BCUT2D eigenvalue weighted by molar-refractivity contribution is 0.473. The Labute approximate surface area is 378 Å². The molecule has 62 heavy (non-hydrogen) atoms. The molecule has 0 radical (unpaired) electrons. The van der Waals surface area contributed by atoms with Crippen molar-refractivity contribution in [3.8, 4) is 11.5 Å². The molecular formula is C48H38N2O6S6. The van der Waals surface area contributed by atoms with Crippen molar-refractivity contribution >= 4 is 100 Å². The lowest BCUT2D eigenvalue weighted by Gasteiger charge is -2.19. The van der Waals surface area contributed by atoms with E-state index in [0.29, 0.717) is 30.4 Å². The second kappa shape index (κ2) is 17.2. The summed E-state index contributed by atoms with van der Waals surface area (Å²) >= 11 is 5.53. The summed E-state index contributed by atoms with van der Waals surface area (Å²) in [5, 5.41) is 2.73. The first-order valence-electron chi connectivity index (χ1n) is 19.3. The van der Waals surface area contributed by atoms with E-state index >= 15 is 0 Å². The highest BCUT2D eigenvalue weighted by Crippen LogP contribution is 2.49. The van der Waals surface area contributed by atoms with E-state index in [0.717, 1.165) is 41.7 Å². The molecule has 0 unspecified atom stereocenters. The second-order valence-corrected chi connectivity index (χ2v) is 22.1. The fourth-order valence-corrected chi connectivity index (χ4v) is 14.0. The van der Waals surface area contributed by atoms with Crippen LogP contribution >= 0.6 is 47.0 Å². The summed E-state index contributed by atoms with van der Waals surface area (Å²) in [6.45, 7) is 0. The Bertz CT molecular complexity index is 2970. The van der Waals surface area contributed by atoms with Gasteiger partial charge in [0.05, 0.1) is 19.6 Å². The minimum Gasteiger partial charge on any atom is -0.377 e. The van der Waals surface area contributed by atoms with Crippen molar-refractivity contribution in [1.29, 1.82) is 0 Å². The first-order valence-corrected chi connectivity index (χ1v) is 25.4. The number of hydrogen-bond acceptors (Lipinski definition) is 12. The number of fused-ring (bicyclic) bond motifs is 10. The molecule has 0 aliphatic carbocycles. The summed E-state index contributed by atoms with van der Waals surface area (Å²) in [6, 6.07) is 48.5. The molecule has 14 heteroatoms. The predicted octanol–water partition coefficient (Wildman–Crippen LogP) is 12.6. The zero-order valence-corrected chi connectivity index (χ0v) is 38.7. The fraction of sp³-hybridized carbons (Fsp3) is 0.0833. The highest BCUT2D eigenvalue weighted by Gasteiger charge is 2.27. The summed E-state index contributed by atoms with van der Waals surface area (Å²) in [5.41, 5.74) is 1.79. The molecule has 1 heterocycles. The number of nitrogens with zero attached hydrogens (tertiary/aromatic N) is 2. The second-order valence-electron chi connectivity index (χ2n) is 14.6. The Balaban J connectivity index is 1.14. The number of benzene rings is 8. The molecule has 8 aromatic carbocycles. The largest absolute Gasteiger partial charge is 0.377 e. The van der Waals surface area contributed by atoms with E-state index in [1.807, 2.05) is 159 Å². The van der Waals surface area contributed by atoms with E-state index in [1.54, 1.807) is 36.4 Å². The minimum absolute atomic E-state index is 0.0772. The maximum Gasteiger partial charge on any atom is 0.339 e. The molecule has 312 valence electrons. The highest BCUT2D eigenvalue weighted by atomic mass is 32.2. The van der Waals surface area contributed by atoms with Crippen LogP contribution in [0.4, 0.5) is 11.4 Å². The van der Waals surface area contributed by atoms with Gasteiger partial charge in [-0.25, -0.2) is 0 Å². The zero-order chi connectivity index (χ0) is 43.2. The predicted molar refractivity (Wildman–Crippen MR) is 254 cm³/mol. The average molecular weight is 931 g/mol. The molecule has 0 saturated heterocycles. The van der Waals surface area contributed by atoms with Gasteiger partial charge in [0.15, 0.2) is 11.5 Å². The first kappa shape index (κ1) is 42.1. The molecule has 1 aliphatic heterocycles. The quantitative estimate of drug-likeness (QED) is 0.136. The topological polar surface area (TPSA) is 93.2 Å². The van der Waals surface area contributed by atoms with Crippen LogP contribution in [0.2, 0.25) is 0 Å². The molecule has 8 bridgehead atoms. The number of anilines is 2. The lowest BCUT2D eigenvalue weighted by Crippen LogP contribution is -2.13. The molecule has 0 spiro atoms. The molecule has 0 aromatic heterocycles. The lowest BCUT2D eigenvalue weighted by atomic mass is 10.1. The van der Waals surface area contributed by atoms with Gasteiger partial charge in [-0.1, -0.05) is 120 Å². The van der Waals surface area contributed by atoms with Crippen molar-refractivity contribution in [3.63, 3.8) is 0 Å². The summed E-state index contributed by atoms with van der Waals surface area (Å²) in [7, 11) is -0.980. The molecule has 9 rings (SSSR count). The van der Waals surface area contributed by atoms with Crippen LogP contribution in [0.5, 0.6) is 11.5 Å². The Morgan fingerprint density at radius 2 is 0.661 bits per heavy atom. The zero-order valence-electron chi connectivity index (χ0n) is 33.8. The monoisotopic (exact) mass is 930 g/mol. The molecule has 0 atom stereocenters. The van der Waals surface area contributed by atoms with Gasteiger partial charge in [-0.05, 0) is 84.9 Å². The minimum atomic E-state index is -4.34. The van der Waals surface area contributed by atoms with E-state index in [9.17, 15) is 16.8 Å². The summed E-state index contributed by atoms with van der Waals surface area (Å²) in [6.07, 6.45) is 0. The Kier molecular flexibility index (Phi) is 11.6. The Morgan fingerprint density at radius 1 is 0.371 bits per heavy atom. The number of hydrogen-bond donors (Lipinski definition) is 0. The van der Waals surface area contributed by atoms with Crippen LogP contribution in [-0.2, 0) is 20.2 Å². The van der Waals surface area contributed by atoms with Gasteiger partial charge in [-0.2, -0.15) is 16.8 Å². The third-order valence-electron chi connectivity index (χ3n) is 10.0. The van der Waals surface area contributed by atoms with Crippen LogP contribution in [0.1, 0.15) is 0 Å². The summed E-state index contributed by atoms with van der Waals surface area (Å²) in [5.74, 6) is 0.451. The van der Waals surface area contributed by atoms with Crippen molar-refractivity contribution in [2.45, 2.75) is 49.0 Å². The standard InChI is InChI=1S/C48H38N2O6S6/c1-49(2)39-21-7-19-37-35(39)17-9-27-45(37)61(51,52)55-47-41-23-11-24-42(47)58-32-14-6-16-34(30-32)60-44-26-12-25-43(59-33-15-5-13-31(29-33)57-41)48(44)56-62(53,54)46-28-10-18-36-38(46)20-8-22-40(36)50(3)4/h5-30H,1-4H3. The van der Waals surface area contributed by atoms with Gasteiger partial charge in [-0.3, -0.25) is 0 Å². The van der Waals surface area contributed by atoms with Crippen LogP contribution in [0.3, 0.4) is 0 Å². The first-order chi connectivity index (χ1) is 29.8. The van der Waals surface area contributed by atoms with Gasteiger partial charge in [0, 0.05) is 80.7 Å². The molecular weight excluding hydrogens is 893 g/mol. The fourth-order valence-electron chi connectivity index (χ4n) is 7.24. The van der Waals surface area contributed by atoms with Gasteiger partial charge in [-0.15, -0.1) is 0 Å². The molecule has 8 nitrogen and oxygen atoms in total. The number of rotatable bonds is 8. The van der Waals surface area contributed by atoms with Crippen LogP contribution in [-0.4, -0.2) is 45.0 Å². The van der Waals surface area contributed by atoms with Gasteiger partial charge in [0.1, 0.15) is 9.79 Å². The van der Waals surface area contributed by atoms with Crippen LogP contribution in [0.25, 0.3) is 21.5 Å². The van der Waals surface area contributed by atoms with Gasteiger partial charge in [0.25, 0.3) is 0 Å². The van der Waals surface area contributed by atoms with E-state index in [2.05, 4.69) is 0 Å². The van der Waals surface area contributed by atoms with Crippen molar-refractivity contribution in [1.82, 2.24) is 0 Å². The normalized spacial score (nSPS) is 12.8. The van der Waals surface area contributed by atoms with E-state index < -0.39 is 20.2 Å². The maximum absolute atomic E-state index is 14.5. The molecule has 0 fully saturated rings. The molecule has 0 saturated carbocycles. The Morgan fingerprint density at radius 3 is 1.00 bits per heavy atom. The maximum atomic E-state index is 14.5. The molecule has 8 aromatic rings. The molecule has 0 amide bonds. The van der Waals surface area contributed by atoms with Crippen LogP contribution in [0.15, 0.2) is 207 Å². The van der Waals surface area contributed by atoms with Crippen molar-refractivity contribution in [3.05, 3.63) is 158 Å². The summed E-state index contributed by atoms with van der Waals surface area (Å²) in [4.78, 5) is 9.79. The van der Waals surface area contributed by atoms with Crippen molar-refractivity contribution < 1.29 is 25.2 Å². The molecule has 0 N–H and O–H groups in total. The SMILES string of the molecule is CN(C)c1cccc2c(S(=O)(=O)Oc3c4cccc3Sc3cccc(c3)Sc3cccc(c3OS(=O)(=O)c3cccc5c(N(C)C)cccc35)Sc3cccc(c3)S4)cccc12. The third-order valence-corrected chi connectivity index (χ3v) is 16.7. The average Bonchev–Trinajstić information content (AvgIpc) is 3.25. The van der Waals surface area contributed by atoms with E-state index in [-0.39, 0.29) is 21.3 Å². The van der Waals surface area contributed by atoms with Crippen LogP contribution < -0.4 is 18.2 Å². The van der Waals surface area contributed by atoms with Crippen molar-refractivity contribution in [2.24, 2.45) is 0 Å². The van der Waals surface area contributed by atoms with Crippen LogP contribution in [0, 0.1) is 0 Å². The smallest absolute Gasteiger partial charge is 0.339 e. The van der Waals surface area contributed by atoms with E-state index in [4.69, 9.17) is 8.37 Å². The van der Waals surface area contributed by atoms with Crippen molar-refractivity contribution in [2.75, 3.05) is 38.0 Å². The van der Waals surface area contributed by atoms with Gasteiger partial charge in [0.2, 0.25) is 0 Å². The number of para-hydroxylation sites is 2. The van der Waals surface area contributed by atoms with E-state index in [1.165, 1.54) is 47.0 Å². The third kappa shape index (κ3) is 8.47. The summed E-state index contributed by atoms with van der Waals surface area (Å²) < 4.78 is 70.3. The van der Waals surface area contributed by atoms with Gasteiger partial charge >= 0.3 is 20.2 Å².